The maximum Gasteiger partial charge on any atom is 0.252 e. The first-order valence-electron chi connectivity index (χ1n) is 8.12. The number of aromatic nitrogens is 4. The molecule has 6 nitrogen and oxygen atoms in total. The second kappa shape index (κ2) is 6.60. The molecule has 2 aromatic heterocycles. The van der Waals surface area contributed by atoms with Crippen LogP contribution in [0.15, 0.2) is 65.5 Å². The zero-order valence-corrected chi connectivity index (χ0v) is 13.5. The molecule has 0 bridgehead atoms. The largest absolute Gasteiger partial charge is 0.355 e. The molecule has 0 aliphatic rings. The van der Waals surface area contributed by atoms with Gasteiger partial charge in [0.05, 0.1) is 16.7 Å². The first-order chi connectivity index (χ1) is 12.3. The number of para-hydroxylation sites is 2. The predicted octanol–water partition coefficient (Wildman–Crippen LogP) is 2.97. The van der Waals surface area contributed by atoms with Crippen LogP contribution in [0, 0.1) is 0 Å². The number of anilines is 1. The average molecular weight is 331 g/mol. The second-order valence-corrected chi connectivity index (χ2v) is 5.72. The molecule has 0 radical (unpaired) electrons. The van der Waals surface area contributed by atoms with Gasteiger partial charge in [-0.15, -0.1) is 0 Å². The van der Waals surface area contributed by atoms with Crippen molar-refractivity contribution < 1.29 is 0 Å². The van der Waals surface area contributed by atoms with E-state index in [4.69, 9.17) is 0 Å². The highest BCUT2D eigenvalue weighted by Gasteiger charge is 2.05. The van der Waals surface area contributed by atoms with Crippen LogP contribution in [-0.4, -0.2) is 26.5 Å². The van der Waals surface area contributed by atoms with Gasteiger partial charge in [0.1, 0.15) is 5.82 Å². The molecule has 0 spiro atoms. The zero-order valence-electron chi connectivity index (χ0n) is 13.5. The van der Waals surface area contributed by atoms with Gasteiger partial charge in [0.15, 0.2) is 0 Å². The molecule has 0 aliphatic heterocycles. The molecule has 0 fully saturated rings. The first kappa shape index (κ1) is 15.1. The minimum absolute atomic E-state index is 0.180. The monoisotopic (exact) mass is 331 g/mol. The lowest BCUT2D eigenvalue weighted by molar-refractivity contribution is 0.916. The van der Waals surface area contributed by atoms with Crippen molar-refractivity contribution in [3.8, 4) is 11.3 Å². The van der Waals surface area contributed by atoms with E-state index in [1.165, 1.54) is 6.07 Å². The molecule has 0 aliphatic carbocycles. The molecule has 25 heavy (non-hydrogen) atoms. The topological polar surface area (TPSA) is 86.5 Å². The van der Waals surface area contributed by atoms with Gasteiger partial charge in [-0.3, -0.25) is 9.78 Å². The first-order valence-corrected chi connectivity index (χ1v) is 8.12. The Bertz CT molecular complexity index is 1020. The number of fused-ring (bicyclic) bond motifs is 1. The molecular weight excluding hydrogens is 314 g/mol. The van der Waals surface area contributed by atoms with Crippen molar-refractivity contribution in [2.45, 2.75) is 6.42 Å². The Labute approximate surface area is 144 Å². The van der Waals surface area contributed by atoms with Gasteiger partial charge in [0, 0.05) is 24.6 Å². The van der Waals surface area contributed by atoms with Gasteiger partial charge in [0.25, 0.3) is 5.56 Å². The van der Waals surface area contributed by atoms with Crippen molar-refractivity contribution in [1.82, 2.24) is 19.9 Å². The summed E-state index contributed by atoms with van der Waals surface area (Å²) in [6.45, 7) is 0.612. The van der Waals surface area contributed by atoms with E-state index in [1.54, 1.807) is 0 Å². The fourth-order valence-electron chi connectivity index (χ4n) is 2.72. The van der Waals surface area contributed by atoms with Crippen LogP contribution >= 0.6 is 0 Å². The summed E-state index contributed by atoms with van der Waals surface area (Å²) in [5.41, 5.74) is 3.36. The van der Waals surface area contributed by atoms with Crippen LogP contribution in [0.1, 0.15) is 5.82 Å². The molecular formula is C19H17N5O. The van der Waals surface area contributed by atoms with Crippen LogP contribution in [0.5, 0.6) is 0 Å². The van der Waals surface area contributed by atoms with Crippen molar-refractivity contribution in [1.29, 1.82) is 0 Å². The Balaban J connectivity index is 1.47. The Kier molecular flexibility index (Phi) is 4.00. The van der Waals surface area contributed by atoms with E-state index in [9.17, 15) is 4.79 Å². The maximum absolute atomic E-state index is 11.9. The molecule has 6 heteroatoms. The fourth-order valence-corrected chi connectivity index (χ4v) is 2.72. The molecule has 0 atom stereocenters. The summed E-state index contributed by atoms with van der Waals surface area (Å²) in [4.78, 5) is 26.9. The minimum Gasteiger partial charge on any atom is -0.355 e. The van der Waals surface area contributed by atoms with Crippen molar-refractivity contribution in [2.24, 2.45) is 0 Å². The number of hydrogen-bond donors (Lipinski definition) is 3. The average Bonchev–Trinajstić information content (AvgIpc) is 3.05. The van der Waals surface area contributed by atoms with E-state index in [0.29, 0.717) is 24.6 Å². The van der Waals surface area contributed by atoms with Crippen molar-refractivity contribution in [2.75, 3.05) is 11.9 Å². The van der Waals surface area contributed by atoms with Crippen LogP contribution in [0.2, 0.25) is 0 Å². The summed E-state index contributed by atoms with van der Waals surface area (Å²) in [5.74, 6) is 1.36. The molecule has 0 saturated carbocycles. The molecule has 0 unspecified atom stereocenters. The molecule has 0 saturated heterocycles. The maximum atomic E-state index is 11.9. The smallest absolute Gasteiger partial charge is 0.252 e. The van der Waals surface area contributed by atoms with Gasteiger partial charge < -0.3 is 10.3 Å². The lowest BCUT2D eigenvalue weighted by Gasteiger charge is -2.06. The number of rotatable bonds is 5. The molecule has 4 aromatic rings. The zero-order chi connectivity index (χ0) is 17.1. The highest BCUT2D eigenvalue weighted by molar-refractivity contribution is 5.74. The van der Waals surface area contributed by atoms with Crippen molar-refractivity contribution >= 4 is 17.0 Å². The van der Waals surface area contributed by atoms with E-state index in [0.717, 1.165) is 22.4 Å². The SMILES string of the molecule is O=c1cc(-c2ccccc2)nc(NCCc2nc3ccccc3[nH]2)[nH]1. The Hall–Kier alpha value is -3.41. The van der Waals surface area contributed by atoms with E-state index in [1.807, 2.05) is 54.6 Å². The quantitative estimate of drug-likeness (QED) is 0.525. The summed E-state index contributed by atoms with van der Waals surface area (Å²) in [5, 5.41) is 3.16. The van der Waals surface area contributed by atoms with Gasteiger partial charge in [-0.1, -0.05) is 42.5 Å². The van der Waals surface area contributed by atoms with E-state index in [2.05, 4.69) is 25.3 Å². The highest BCUT2D eigenvalue weighted by atomic mass is 16.1. The third-order valence-corrected chi connectivity index (χ3v) is 3.90. The Morgan fingerprint density at radius 1 is 0.920 bits per heavy atom. The number of imidazole rings is 1. The van der Waals surface area contributed by atoms with Crippen molar-refractivity contribution in [3.63, 3.8) is 0 Å². The third-order valence-electron chi connectivity index (χ3n) is 3.90. The van der Waals surface area contributed by atoms with Gasteiger partial charge >= 0.3 is 0 Å². The van der Waals surface area contributed by atoms with E-state index < -0.39 is 0 Å². The van der Waals surface area contributed by atoms with Gasteiger partial charge in [-0.2, -0.15) is 0 Å². The van der Waals surface area contributed by atoms with Gasteiger partial charge in [0.2, 0.25) is 5.95 Å². The summed E-state index contributed by atoms with van der Waals surface area (Å²) in [6, 6.07) is 19.1. The van der Waals surface area contributed by atoms with Crippen LogP contribution < -0.4 is 10.9 Å². The predicted molar refractivity (Wildman–Crippen MR) is 98.6 cm³/mol. The van der Waals surface area contributed by atoms with Gasteiger partial charge in [-0.05, 0) is 12.1 Å². The molecule has 2 aromatic carbocycles. The molecule has 3 N–H and O–H groups in total. The van der Waals surface area contributed by atoms with E-state index in [-0.39, 0.29) is 5.56 Å². The molecule has 0 amide bonds. The second-order valence-electron chi connectivity index (χ2n) is 5.72. The number of H-pyrrole nitrogens is 2. The number of nitrogens with one attached hydrogen (secondary N) is 3. The van der Waals surface area contributed by atoms with Crippen LogP contribution in [0.3, 0.4) is 0 Å². The summed E-state index contributed by atoms with van der Waals surface area (Å²) in [6.07, 6.45) is 0.702. The normalized spacial score (nSPS) is 10.9. The number of hydrogen-bond acceptors (Lipinski definition) is 4. The molecule has 2 heterocycles. The highest BCUT2D eigenvalue weighted by Crippen LogP contribution is 2.15. The van der Waals surface area contributed by atoms with E-state index >= 15 is 0 Å². The van der Waals surface area contributed by atoms with Crippen molar-refractivity contribution in [3.05, 3.63) is 76.8 Å². The Morgan fingerprint density at radius 3 is 2.56 bits per heavy atom. The number of aromatic amines is 2. The summed E-state index contributed by atoms with van der Waals surface area (Å²) >= 11 is 0. The molecule has 4 rings (SSSR count). The lowest BCUT2D eigenvalue weighted by Crippen LogP contribution is -2.15. The molecule has 124 valence electrons. The third kappa shape index (κ3) is 3.42. The fraction of sp³-hybridized carbons (Fsp3) is 0.105. The number of nitrogens with zero attached hydrogens (tertiary/aromatic N) is 2. The van der Waals surface area contributed by atoms with Crippen LogP contribution in [-0.2, 0) is 6.42 Å². The summed E-state index contributed by atoms with van der Waals surface area (Å²) in [7, 11) is 0. The minimum atomic E-state index is -0.180. The Morgan fingerprint density at radius 2 is 1.72 bits per heavy atom. The van der Waals surface area contributed by atoms with Crippen LogP contribution in [0.25, 0.3) is 22.3 Å². The van der Waals surface area contributed by atoms with Gasteiger partial charge in [-0.25, -0.2) is 9.97 Å². The standard InChI is InChI=1S/C19H17N5O/c25-18-12-16(13-6-2-1-3-7-13)23-19(24-18)20-11-10-17-21-14-8-4-5-9-15(14)22-17/h1-9,12H,10-11H2,(H,21,22)(H2,20,23,24,25). The summed E-state index contributed by atoms with van der Waals surface area (Å²) < 4.78 is 0. The number of benzene rings is 2. The van der Waals surface area contributed by atoms with Crippen LogP contribution in [0.4, 0.5) is 5.95 Å². The lowest BCUT2D eigenvalue weighted by atomic mass is 10.1.